The number of hydrogen-bond acceptors (Lipinski definition) is 6. The molecule has 0 fully saturated rings. The first-order chi connectivity index (χ1) is 12.0. The summed E-state index contributed by atoms with van der Waals surface area (Å²) in [4.78, 5) is 16.8. The van der Waals surface area contributed by atoms with Crippen LogP contribution in [0.25, 0.3) is 0 Å². The fourth-order valence-electron chi connectivity index (χ4n) is 2.67. The van der Waals surface area contributed by atoms with E-state index >= 15 is 0 Å². The molecule has 1 aliphatic heterocycles. The minimum atomic E-state index is -0.597. The first-order valence-corrected chi connectivity index (χ1v) is 8.27. The van der Waals surface area contributed by atoms with Gasteiger partial charge in [-0.3, -0.25) is 0 Å². The summed E-state index contributed by atoms with van der Waals surface area (Å²) < 4.78 is 11.8. The summed E-state index contributed by atoms with van der Waals surface area (Å²) in [5.41, 5.74) is 1.64. The Labute approximate surface area is 154 Å². The van der Waals surface area contributed by atoms with Gasteiger partial charge < -0.3 is 14.8 Å². The van der Waals surface area contributed by atoms with E-state index in [4.69, 9.17) is 32.7 Å². The van der Waals surface area contributed by atoms with Crippen LogP contribution in [0.3, 0.4) is 0 Å². The molecule has 9 heteroatoms. The van der Waals surface area contributed by atoms with Gasteiger partial charge in [0.25, 0.3) is 0 Å². The molecule has 0 saturated heterocycles. The fourth-order valence-corrected chi connectivity index (χ4v) is 3.08. The third-order valence-electron chi connectivity index (χ3n) is 3.81. The minimum Gasteiger partial charge on any atom is -0.460 e. The van der Waals surface area contributed by atoms with E-state index in [1.54, 1.807) is 29.8 Å². The first-order valence-electron chi connectivity index (χ1n) is 7.51. The Morgan fingerprint density at radius 2 is 2.16 bits per heavy atom. The molecule has 2 heterocycles. The number of esters is 1. The summed E-state index contributed by atoms with van der Waals surface area (Å²) in [5.74, 6) is 0.0243. The molecule has 1 aromatic heterocycles. The lowest BCUT2D eigenvalue weighted by atomic mass is 9.95. The second-order valence-electron chi connectivity index (χ2n) is 5.37. The quantitative estimate of drug-likeness (QED) is 0.632. The van der Waals surface area contributed by atoms with Gasteiger partial charge in [-0.05, 0) is 13.0 Å². The number of rotatable bonds is 5. The van der Waals surface area contributed by atoms with E-state index in [2.05, 4.69) is 15.4 Å². The van der Waals surface area contributed by atoms with Crippen LogP contribution >= 0.6 is 23.2 Å². The number of allylic oxidation sites excluding steroid dienone is 1. The van der Waals surface area contributed by atoms with Crippen molar-refractivity contribution < 1.29 is 14.3 Å². The molecule has 132 valence electrons. The third-order valence-corrected chi connectivity index (χ3v) is 4.64. The van der Waals surface area contributed by atoms with Crippen LogP contribution in [0.2, 0.25) is 10.0 Å². The maximum absolute atomic E-state index is 12.7. The number of anilines is 1. The summed E-state index contributed by atoms with van der Waals surface area (Å²) in [6.45, 7) is 2.23. The average molecular weight is 383 g/mol. The van der Waals surface area contributed by atoms with Gasteiger partial charge in [0.15, 0.2) is 0 Å². The van der Waals surface area contributed by atoms with Crippen molar-refractivity contribution in [2.45, 2.75) is 13.0 Å². The highest BCUT2D eigenvalue weighted by Gasteiger charge is 2.35. The lowest BCUT2D eigenvalue weighted by Crippen LogP contribution is -2.30. The van der Waals surface area contributed by atoms with Crippen LogP contribution in [-0.2, 0) is 14.3 Å². The van der Waals surface area contributed by atoms with Crippen LogP contribution < -0.4 is 5.32 Å². The molecule has 1 aliphatic rings. The van der Waals surface area contributed by atoms with Crippen LogP contribution in [0.5, 0.6) is 0 Å². The van der Waals surface area contributed by atoms with Gasteiger partial charge in [0.05, 0.1) is 22.2 Å². The Kier molecular flexibility index (Phi) is 5.27. The summed E-state index contributed by atoms with van der Waals surface area (Å²) in [6.07, 6.45) is 1.40. The predicted molar refractivity (Wildman–Crippen MR) is 93.8 cm³/mol. The fraction of sp³-hybridized carbons (Fsp3) is 0.312. The van der Waals surface area contributed by atoms with Gasteiger partial charge in [0, 0.05) is 18.4 Å². The third kappa shape index (κ3) is 3.35. The maximum Gasteiger partial charge on any atom is 0.338 e. The Morgan fingerprint density at radius 1 is 1.36 bits per heavy atom. The van der Waals surface area contributed by atoms with Crippen molar-refractivity contribution in [2.75, 3.05) is 25.6 Å². The zero-order valence-corrected chi connectivity index (χ0v) is 15.1. The predicted octanol–water partition coefficient (Wildman–Crippen LogP) is 3.06. The molecule has 0 spiro atoms. The van der Waals surface area contributed by atoms with Crippen molar-refractivity contribution in [3.63, 3.8) is 0 Å². The van der Waals surface area contributed by atoms with Crippen molar-refractivity contribution in [3.8, 4) is 0 Å². The highest BCUT2D eigenvalue weighted by Crippen LogP contribution is 2.40. The lowest BCUT2D eigenvalue weighted by Gasteiger charge is -2.28. The van der Waals surface area contributed by atoms with Crippen LogP contribution in [0, 0.1) is 0 Å². The van der Waals surface area contributed by atoms with Crippen LogP contribution in [0.15, 0.2) is 35.8 Å². The summed E-state index contributed by atoms with van der Waals surface area (Å²) in [5, 5.41) is 8.03. The monoisotopic (exact) mass is 382 g/mol. The van der Waals surface area contributed by atoms with Gasteiger partial charge in [0.1, 0.15) is 19.0 Å². The van der Waals surface area contributed by atoms with Crippen molar-refractivity contribution in [1.82, 2.24) is 14.8 Å². The van der Waals surface area contributed by atoms with Crippen molar-refractivity contribution in [1.29, 1.82) is 0 Å². The highest BCUT2D eigenvalue weighted by atomic mass is 35.5. The number of halogens is 2. The Morgan fingerprint density at radius 3 is 2.92 bits per heavy atom. The molecule has 0 saturated carbocycles. The summed E-state index contributed by atoms with van der Waals surface area (Å²) in [6, 6.07) is 4.65. The Hall–Kier alpha value is -2.09. The molecule has 0 unspecified atom stereocenters. The van der Waals surface area contributed by atoms with E-state index in [0.29, 0.717) is 39.4 Å². The first kappa shape index (κ1) is 17.7. The summed E-state index contributed by atoms with van der Waals surface area (Å²) >= 11 is 12.6. The minimum absolute atomic E-state index is 0.145. The molecule has 0 radical (unpaired) electrons. The zero-order chi connectivity index (χ0) is 18.0. The molecule has 1 N–H and O–H groups in total. The zero-order valence-electron chi connectivity index (χ0n) is 13.6. The number of hydrogen-bond donors (Lipinski definition) is 1. The molecular weight excluding hydrogens is 367 g/mol. The molecular formula is C16H16Cl2N4O3. The highest BCUT2D eigenvalue weighted by molar-refractivity contribution is 6.42. The van der Waals surface area contributed by atoms with Crippen LogP contribution in [0.4, 0.5) is 5.95 Å². The number of carbonyl (C=O) groups excluding carboxylic acids is 1. The van der Waals surface area contributed by atoms with E-state index < -0.39 is 12.0 Å². The second-order valence-corrected chi connectivity index (χ2v) is 6.15. The summed E-state index contributed by atoms with van der Waals surface area (Å²) in [7, 11) is 1.54. The van der Waals surface area contributed by atoms with Gasteiger partial charge in [-0.1, -0.05) is 35.3 Å². The number of methoxy groups -OCH3 is 1. The lowest BCUT2D eigenvalue weighted by molar-refractivity contribution is -0.140. The molecule has 3 rings (SSSR count). The standard InChI is InChI=1S/C16H16Cl2N4O3/c1-9-12(15(23)25-7-6-24-2)14(22-16(21-9)19-8-20-22)10-4-3-5-11(17)13(10)18/h3-5,8,14H,6-7H2,1-2H3,(H,19,20,21)/t14-/m0/s1. The molecule has 0 bridgehead atoms. The van der Waals surface area contributed by atoms with E-state index in [1.165, 1.54) is 13.4 Å². The molecule has 25 heavy (non-hydrogen) atoms. The topological polar surface area (TPSA) is 78.3 Å². The molecule has 1 atom stereocenters. The van der Waals surface area contributed by atoms with E-state index in [0.717, 1.165) is 0 Å². The molecule has 2 aromatic rings. The largest absolute Gasteiger partial charge is 0.460 e. The van der Waals surface area contributed by atoms with E-state index in [1.807, 2.05) is 0 Å². The number of nitrogens with zero attached hydrogens (tertiary/aromatic N) is 3. The van der Waals surface area contributed by atoms with Gasteiger partial charge in [-0.2, -0.15) is 10.1 Å². The smallest absolute Gasteiger partial charge is 0.338 e. The SMILES string of the molecule is COCCOC(=O)C1=C(C)Nc2ncnn2[C@H]1c1cccc(Cl)c1Cl. The van der Waals surface area contributed by atoms with E-state index in [9.17, 15) is 4.79 Å². The average Bonchev–Trinajstić information content (AvgIpc) is 3.04. The Balaban J connectivity index is 2.07. The molecule has 0 aliphatic carbocycles. The van der Waals surface area contributed by atoms with Crippen molar-refractivity contribution in [2.24, 2.45) is 0 Å². The van der Waals surface area contributed by atoms with Crippen LogP contribution in [-0.4, -0.2) is 41.1 Å². The van der Waals surface area contributed by atoms with E-state index in [-0.39, 0.29) is 6.61 Å². The second kappa shape index (κ2) is 7.43. The van der Waals surface area contributed by atoms with Crippen LogP contribution in [0.1, 0.15) is 18.5 Å². The number of benzene rings is 1. The number of carbonyl (C=O) groups is 1. The molecule has 1 aromatic carbocycles. The Bertz CT molecular complexity index is 835. The van der Waals surface area contributed by atoms with Gasteiger partial charge in [0.2, 0.25) is 5.95 Å². The number of nitrogens with one attached hydrogen (secondary N) is 1. The number of fused-ring (bicyclic) bond motifs is 1. The van der Waals surface area contributed by atoms with Crippen molar-refractivity contribution in [3.05, 3.63) is 51.4 Å². The molecule has 7 nitrogen and oxygen atoms in total. The maximum atomic E-state index is 12.7. The normalized spacial score (nSPS) is 16.4. The number of aromatic nitrogens is 3. The number of ether oxygens (including phenoxy) is 2. The van der Waals surface area contributed by atoms with Crippen molar-refractivity contribution >= 4 is 35.1 Å². The van der Waals surface area contributed by atoms with Gasteiger partial charge >= 0.3 is 5.97 Å². The van der Waals surface area contributed by atoms with Gasteiger partial charge in [-0.25, -0.2) is 9.48 Å². The molecule has 0 amide bonds. The van der Waals surface area contributed by atoms with Gasteiger partial charge in [-0.15, -0.1) is 0 Å².